The summed E-state index contributed by atoms with van der Waals surface area (Å²) in [6, 6.07) is 9.33. The number of halogens is 3. The van der Waals surface area contributed by atoms with E-state index in [1.807, 2.05) is 0 Å². The van der Waals surface area contributed by atoms with Gasteiger partial charge in [0.15, 0.2) is 0 Å². The topological polar surface area (TPSA) is 66.5 Å². The Morgan fingerprint density at radius 2 is 1.62 bits per heavy atom. The summed E-state index contributed by atoms with van der Waals surface area (Å²) in [5.41, 5.74) is 0.586. The van der Waals surface area contributed by atoms with Crippen LogP contribution in [0.2, 0.25) is 15.1 Å². The van der Waals surface area contributed by atoms with Crippen LogP contribution in [0.4, 0.5) is 5.69 Å². The Hall–Kier alpha value is -2.08. The molecule has 1 aliphatic rings. The summed E-state index contributed by atoms with van der Waals surface area (Å²) in [5.74, 6) is -1.75. The fraction of sp³-hybridized carbons (Fsp3) is 0.0625. The molecule has 0 saturated carbocycles. The van der Waals surface area contributed by atoms with E-state index in [-0.39, 0.29) is 26.2 Å². The summed E-state index contributed by atoms with van der Waals surface area (Å²) >= 11 is 17.8. The molecule has 5 nitrogen and oxygen atoms in total. The van der Waals surface area contributed by atoms with Crippen molar-refractivity contribution < 1.29 is 14.4 Å². The number of nitrogens with one attached hydrogen (secondary N) is 1. The predicted molar refractivity (Wildman–Crippen MR) is 91.9 cm³/mol. The largest absolute Gasteiger partial charge is 0.323 e. The second-order valence-electron chi connectivity index (χ2n) is 5.01. The standard InChI is InChI=1S/C16H9Cl3N2O3/c17-9-4-1-3-8-13(9)16(24)21(15(8)23)7-12(22)20-11-6-2-5-10(18)14(11)19/h1-6H,7H2,(H,20,22). The van der Waals surface area contributed by atoms with Crippen LogP contribution in [0.3, 0.4) is 0 Å². The molecule has 2 aromatic carbocycles. The molecule has 0 aliphatic carbocycles. The van der Waals surface area contributed by atoms with E-state index in [4.69, 9.17) is 34.8 Å². The Labute approximate surface area is 152 Å². The van der Waals surface area contributed by atoms with Gasteiger partial charge >= 0.3 is 0 Å². The third kappa shape index (κ3) is 2.86. The molecule has 0 saturated heterocycles. The third-order valence-corrected chi connectivity index (χ3v) is 4.61. The highest BCUT2D eigenvalue weighted by atomic mass is 35.5. The van der Waals surface area contributed by atoms with Crippen LogP contribution >= 0.6 is 34.8 Å². The van der Waals surface area contributed by atoms with Gasteiger partial charge in [0.1, 0.15) is 6.54 Å². The maximum atomic E-state index is 12.3. The quantitative estimate of drug-likeness (QED) is 0.818. The van der Waals surface area contributed by atoms with Gasteiger partial charge in [-0.3, -0.25) is 19.3 Å². The van der Waals surface area contributed by atoms with Crippen molar-refractivity contribution in [2.24, 2.45) is 0 Å². The van der Waals surface area contributed by atoms with Crippen molar-refractivity contribution >= 4 is 58.2 Å². The molecule has 0 fully saturated rings. The van der Waals surface area contributed by atoms with Crippen molar-refractivity contribution in [1.82, 2.24) is 4.90 Å². The summed E-state index contributed by atoms with van der Waals surface area (Å²) in [6.07, 6.45) is 0. The first-order valence-electron chi connectivity index (χ1n) is 6.78. The van der Waals surface area contributed by atoms with E-state index in [0.29, 0.717) is 5.69 Å². The van der Waals surface area contributed by atoms with Crippen LogP contribution in [0.1, 0.15) is 20.7 Å². The van der Waals surface area contributed by atoms with Crippen molar-refractivity contribution in [3.8, 4) is 0 Å². The number of fused-ring (bicyclic) bond motifs is 1. The molecule has 122 valence electrons. The second-order valence-corrected chi connectivity index (χ2v) is 6.20. The minimum atomic E-state index is -0.604. The van der Waals surface area contributed by atoms with Crippen molar-refractivity contribution in [1.29, 1.82) is 0 Å². The first-order chi connectivity index (χ1) is 11.4. The Morgan fingerprint density at radius 3 is 2.33 bits per heavy atom. The zero-order chi connectivity index (χ0) is 17.4. The van der Waals surface area contributed by atoms with Gasteiger partial charge in [-0.05, 0) is 24.3 Å². The van der Waals surface area contributed by atoms with Crippen molar-refractivity contribution in [3.05, 3.63) is 62.6 Å². The minimum absolute atomic E-state index is 0.109. The molecule has 0 radical (unpaired) electrons. The van der Waals surface area contributed by atoms with Gasteiger partial charge in [0.2, 0.25) is 5.91 Å². The maximum absolute atomic E-state index is 12.3. The molecule has 3 amide bonds. The van der Waals surface area contributed by atoms with E-state index in [2.05, 4.69) is 5.32 Å². The number of hydrogen-bond donors (Lipinski definition) is 1. The number of amides is 3. The summed E-state index contributed by atoms with van der Waals surface area (Å²) in [4.78, 5) is 37.6. The molecule has 0 spiro atoms. The zero-order valence-electron chi connectivity index (χ0n) is 12.0. The first-order valence-corrected chi connectivity index (χ1v) is 7.92. The normalized spacial score (nSPS) is 13.2. The average molecular weight is 384 g/mol. The van der Waals surface area contributed by atoms with E-state index < -0.39 is 24.3 Å². The van der Waals surface area contributed by atoms with Gasteiger partial charge in [0.25, 0.3) is 11.8 Å². The Morgan fingerprint density at radius 1 is 0.958 bits per heavy atom. The number of hydrogen-bond acceptors (Lipinski definition) is 3. The molecular weight excluding hydrogens is 375 g/mol. The predicted octanol–water partition coefficient (Wildman–Crippen LogP) is 3.88. The number of carbonyl (C=O) groups is 3. The fourth-order valence-electron chi connectivity index (χ4n) is 2.37. The zero-order valence-corrected chi connectivity index (χ0v) is 14.2. The molecule has 1 aliphatic heterocycles. The third-order valence-electron chi connectivity index (χ3n) is 3.48. The van der Waals surface area contributed by atoms with Crippen molar-refractivity contribution in [2.45, 2.75) is 0 Å². The van der Waals surface area contributed by atoms with E-state index in [9.17, 15) is 14.4 Å². The Bertz CT molecular complexity index is 883. The maximum Gasteiger partial charge on any atom is 0.263 e. The average Bonchev–Trinajstić information content (AvgIpc) is 2.78. The van der Waals surface area contributed by atoms with Crippen LogP contribution in [0, 0.1) is 0 Å². The minimum Gasteiger partial charge on any atom is -0.323 e. The van der Waals surface area contributed by atoms with Gasteiger partial charge in [-0.25, -0.2) is 0 Å². The molecule has 24 heavy (non-hydrogen) atoms. The van der Waals surface area contributed by atoms with Gasteiger partial charge in [-0.2, -0.15) is 0 Å². The fourth-order valence-corrected chi connectivity index (χ4v) is 2.97. The summed E-state index contributed by atoms with van der Waals surface area (Å²) in [7, 11) is 0. The van der Waals surface area contributed by atoms with E-state index >= 15 is 0 Å². The molecule has 0 aromatic heterocycles. The lowest BCUT2D eigenvalue weighted by Crippen LogP contribution is -2.37. The molecule has 1 heterocycles. The lowest BCUT2D eigenvalue weighted by Gasteiger charge is -2.14. The number of imide groups is 1. The highest BCUT2D eigenvalue weighted by molar-refractivity contribution is 6.44. The van der Waals surface area contributed by atoms with E-state index in [1.54, 1.807) is 24.3 Å². The summed E-state index contributed by atoms with van der Waals surface area (Å²) in [6.45, 7) is -0.453. The van der Waals surface area contributed by atoms with Crippen molar-refractivity contribution in [2.75, 3.05) is 11.9 Å². The van der Waals surface area contributed by atoms with Crippen molar-refractivity contribution in [3.63, 3.8) is 0 Å². The van der Waals surface area contributed by atoms with Crippen LogP contribution in [-0.4, -0.2) is 29.2 Å². The molecule has 3 rings (SSSR count). The highest BCUT2D eigenvalue weighted by Gasteiger charge is 2.38. The lowest BCUT2D eigenvalue weighted by molar-refractivity contribution is -0.116. The molecule has 0 bridgehead atoms. The molecule has 0 atom stereocenters. The van der Waals surface area contributed by atoms with Gasteiger partial charge in [-0.1, -0.05) is 46.9 Å². The van der Waals surface area contributed by atoms with Gasteiger partial charge in [-0.15, -0.1) is 0 Å². The number of rotatable bonds is 3. The molecule has 1 N–H and O–H groups in total. The Kier molecular flexibility index (Phi) is 4.49. The van der Waals surface area contributed by atoms with Crippen LogP contribution < -0.4 is 5.32 Å². The van der Waals surface area contributed by atoms with Gasteiger partial charge in [0, 0.05) is 0 Å². The smallest absolute Gasteiger partial charge is 0.263 e. The molecule has 8 heteroatoms. The summed E-state index contributed by atoms with van der Waals surface area (Å²) in [5, 5.41) is 3.16. The SMILES string of the molecule is O=C(CN1C(=O)c2cccc(Cl)c2C1=O)Nc1cccc(Cl)c1Cl. The number of anilines is 1. The van der Waals surface area contributed by atoms with Crippen LogP contribution in [0.15, 0.2) is 36.4 Å². The Balaban J connectivity index is 1.79. The molecule has 0 unspecified atom stereocenters. The monoisotopic (exact) mass is 382 g/mol. The second kappa shape index (κ2) is 6.43. The van der Waals surface area contributed by atoms with E-state index in [1.165, 1.54) is 12.1 Å². The van der Waals surface area contributed by atoms with Crippen LogP contribution in [0.5, 0.6) is 0 Å². The van der Waals surface area contributed by atoms with Crippen LogP contribution in [0.25, 0.3) is 0 Å². The number of benzene rings is 2. The summed E-state index contributed by atoms with van der Waals surface area (Å²) < 4.78 is 0. The van der Waals surface area contributed by atoms with E-state index in [0.717, 1.165) is 4.90 Å². The molecular formula is C16H9Cl3N2O3. The first kappa shape index (κ1) is 16.8. The van der Waals surface area contributed by atoms with Crippen LogP contribution in [-0.2, 0) is 4.79 Å². The number of carbonyl (C=O) groups excluding carboxylic acids is 3. The van der Waals surface area contributed by atoms with Gasteiger partial charge < -0.3 is 5.32 Å². The lowest BCUT2D eigenvalue weighted by atomic mass is 10.1. The molecule has 2 aromatic rings. The highest BCUT2D eigenvalue weighted by Crippen LogP contribution is 2.31. The number of nitrogens with zero attached hydrogens (tertiary/aromatic N) is 1. The van der Waals surface area contributed by atoms with Gasteiger partial charge in [0.05, 0.1) is 31.9 Å².